The number of rotatable bonds is 3. The summed E-state index contributed by atoms with van der Waals surface area (Å²) in [5.74, 6) is 0. The van der Waals surface area contributed by atoms with Gasteiger partial charge in [-0.25, -0.2) is 0 Å². The molecule has 2 heterocycles. The Morgan fingerprint density at radius 2 is 1.86 bits per heavy atom. The maximum absolute atomic E-state index is 3.63. The normalized spacial score (nSPS) is 18.1. The molecular weight excluding hydrogens is 356 g/mol. The van der Waals surface area contributed by atoms with Crippen molar-refractivity contribution in [1.82, 2.24) is 10.2 Å². The molecule has 0 aliphatic carbocycles. The number of aryl methyl sites for hydroxylation is 2. The van der Waals surface area contributed by atoms with Crippen LogP contribution in [0, 0.1) is 13.8 Å². The SMILES string of the molecule is Cc1cc(C)cc(C(c2ccc(Br)s2)N2CCCNCC2)c1. The van der Waals surface area contributed by atoms with Crippen LogP contribution in [0.5, 0.6) is 0 Å². The highest BCUT2D eigenvalue weighted by Crippen LogP contribution is 2.36. The first kappa shape index (κ1) is 16.2. The molecule has 1 aromatic carbocycles. The monoisotopic (exact) mass is 378 g/mol. The standard InChI is InChI=1S/C18H23BrN2S/c1-13-10-14(2)12-15(11-13)18(16-4-5-17(19)22-16)21-8-3-6-20-7-9-21/h4-5,10-12,18,20H,3,6-9H2,1-2H3. The average molecular weight is 379 g/mol. The Morgan fingerprint density at radius 3 is 2.55 bits per heavy atom. The molecule has 1 aliphatic rings. The van der Waals surface area contributed by atoms with Crippen LogP contribution in [0.3, 0.4) is 0 Å². The largest absolute Gasteiger partial charge is 0.315 e. The molecular formula is C18H23BrN2S. The van der Waals surface area contributed by atoms with Gasteiger partial charge in [0.05, 0.1) is 9.83 Å². The van der Waals surface area contributed by atoms with Crippen LogP contribution in [-0.4, -0.2) is 31.1 Å². The molecule has 0 amide bonds. The van der Waals surface area contributed by atoms with Crippen LogP contribution in [0.25, 0.3) is 0 Å². The number of hydrogen-bond donors (Lipinski definition) is 1. The van der Waals surface area contributed by atoms with E-state index in [4.69, 9.17) is 0 Å². The minimum Gasteiger partial charge on any atom is -0.315 e. The van der Waals surface area contributed by atoms with E-state index < -0.39 is 0 Å². The van der Waals surface area contributed by atoms with Crippen LogP contribution in [0.2, 0.25) is 0 Å². The summed E-state index contributed by atoms with van der Waals surface area (Å²) in [5.41, 5.74) is 4.13. The zero-order chi connectivity index (χ0) is 15.5. The highest BCUT2D eigenvalue weighted by atomic mass is 79.9. The van der Waals surface area contributed by atoms with E-state index >= 15 is 0 Å². The lowest BCUT2D eigenvalue weighted by atomic mass is 9.98. The lowest BCUT2D eigenvalue weighted by molar-refractivity contribution is 0.244. The highest BCUT2D eigenvalue weighted by molar-refractivity contribution is 9.11. The fourth-order valence-corrected chi connectivity index (χ4v) is 4.91. The van der Waals surface area contributed by atoms with Gasteiger partial charge in [0.25, 0.3) is 0 Å². The van der Waals surface area contributed by atoms with Crippen molar-refractivity contribution in [2.45, 2.75) is 26.3 Å². The van der Waals surface area contributed by atoms with E-state index in [0.29, 0.717) is 6.04 Å². The maximum atomic E-state index is 3.63. The number of nitrogens with zero attached hydrogens (tertiary/aromatic N) is 1. The van der Waals surface area contributed by atoms with Crippen molar-refractivity contribution in [1.29, 1.82) is 0 Å². The topological polar surface area (TPSA) is 15.3 Å². The van der Waals surface area contributed by atoms with Gasteiger partial charge in [-0.2, -0.15) is 0 Å². The van der Waals surface area contributed by atoms with Gasteiger partial charge in [-0.05, 0) is 60.4 Å². The number of benzene rings is 1. The van der Waals surface area contributed by atoms with Crippen LogP contribution in [0.4, 0.5) is 0 Å². The predicted octanol–water partition coefficient (Wildman–Crippen LogP) is 4.51. The quantitative estimate of drug-likeness (QED) is 0.844. The Balaban J connectivity index is 2.01. The maximum Gasteiger partial charge on any atom is 0.0702 e. The second-order valence-corrected chi connectivity index (χ2v) is 8.60. The lowest BCUT2D eigenvalue weighted by Gasteiger charge is -2.30. The summed E-state index contributed by atoms with van der Waals surface area (Å²) in [7, 11) is 0. The van der Waals surface area contributed by atoms with Gasteiger partial charge in [0.2, 0.25) is 0 Å². The third-order valence-corrected chi connectivity index (χ3v) is 5.84. The van der Waals surface area contributed by atoms with Crippen molar-refractivity contribution in [2.75, 3.05) is 26.2 Å². The van der Waals surface area contributed by atoms with Crippen LogP contribution >= 0.6 is 27.3 Å². The molecule has 1 aromatic heterocycles. The molecule has 1 unspecified atom stereocenters. The van der Waals surface area contributed by atoms with Gasteiger partial charge in [-0.1, -0.05) is 29.3 Å². The minimum absolute atomic E-state index is 0.370. The van der Waals surface area contributed by atoms with Gasteiger partial charge in [0.1, 0.15) is 0 Å². The molecule has 4 heteroatoms. The first-order chi connectivity index (χ1) is 10.6. The predicted molar refractivity (Wildman–Crippen MR) is 98.8 cm³/mol. The number of hydrogen-bond acceptors (Lipinski definition) is 3. The fourth-order valence-electron chi connectivity index (χ4n) is 3.32. The number of thiophene rings is 1. The third kappa shape index (κ3) is 3.80. The van der Waals surface area contributed by atoms with E-state index in [1.165, 1.54) is 31.8 Å². The van der Waals surface area contributed by atoms with E-state index in [1.54, 1.807) is 0 Å². The van der Waals surface area contributed by atoms with Crippen molar-refractivity contribution in [3.05, 3.63) is 55.7 Å². The zero-order valence-corrected chi connectivity index (χ0v) is 15.6. The molecule has 1 N–H and O–H groups in total. The van der Waals surface area contributed by atoms with Crippen molar-refractivity contribution in [3.8, 4) is 0 Å². The summed E-state index contributed by atoms with van der Waals surface area (Å²) >= 11 is 5.49. The van der Waals surface area contributed by atoms with Gasteiger partial charge < -0.3 is 5.32 Å². The summed E-state index contributed by atoms with van der Waals surface area (Å²) in [4.78, 5) is 4.06. The molecule has 22 heavy (non-hydrogen) atoms. The second-order valence-electron chi connectivity index (χ2n) is 6.10. The molecule has 1 atom stereocenters. The van der Waals surface area contributed by atoms with Gasteiger partial charge in [-0.15, -0.1) is 11.3 Å². The van der Waals surface area contributed by atoms with Crippen molar-refractivity contribution >= 4 is 27.3 Å². The first-order valence-electron chi connectivity index (χ1n) is 7.92. The van der Waals surface area contributed by atoms with E-state index in [-0.39, 0.29) is 0 Å². The van der Waals surface area contributed by atoms with E-state index in [0.717, 1.165) is 26.2 Å². The highest BCUT2D eigenvalue weighted by Gasteiger charge is 2.24. The molecule has 0 bridgehead atoms. The Bertz CT molecular complexity index is 610. The van der Waals surface area contributed by atoms with Crippen LogP contribution < -0.4 is 5.32 Å². The average Bonchev–Trinajstić information content (AvgIpc) is 2.72. The van der Waals surface area contributed by atoms with Crippen LogP contribution in [0.15, 0.2) is 34.1 Å². The Labute approximate surface area is 145 Å². The van der Waals surface area contributed by atoms with E-state index in [1.807, 2.05) is 11.3 Å². The van der Waals surface area contributed by atoms with Gasteiger partial charge in [0.15, 0.2) is 0 Å². The second kappa shape index (κ2) is 7.26. The summed E-state index contributed by atoms with van der Waals surface area (Å²) in [6, 6.07) is 11.8. The van der Waals surface area contributed by atoms with Crippen molar-refractivity contribution < 1.29 is 0 Å². The Hall–Kier alpha value is -0.680. The van der Waals surface area contributed by atoms with Gasteiger partial charge >= 0.3 is 0 Å². The molecule has 1 aliphatic heterocycles. The third-order valence-electron chi connectivity index (χ3n) is 4.16. The summed E-state index contributed by atoms with van der Waals surface area (Å²) in [6.45, 7) is 8.86. The van der Waals surface area contributed by atoms with Crippen molar-refractivity contribution in [3.63, 3.8) is 0 Å². The number of nitrogens with one attached hydrogen (secondary N) is 1. The van der Waals surface area contributed by atoms with Crippen LogP contribution in [-0.2, 0) is 0 Å². The van der Waals surface area contributed by atoms with E-state index in [2.05, 4.69) is 70.3 Å². The smallest absolute Gasteiger partial charge is 0.0702 e. The summed E-state index contributed by atoms with van der Waals surface area (Å²) in [6.07, 6.45) is 1.22. The minimum atomic E-state index is 0.370. The summed E-state index contributed by atoms with van der Waals surface area (Å²) in [5, 5.41) is 3.52. The fraction of sp³-hybridized carbons (Fsp3) is 0.444. The molecule has 2 aromatic rings. The Kier molecular flexibility index (Phi) is 5.34. The zero-order valence-electron chi connectivity index (χ0n) is 13.2. The van der Waals surface area contributed by atoms with Crippen LogP contribution in [0.1, 0.15) is 34.0 Å². The molecule has 0 radical (unpaired) electrons. The molecule has 3 rings (SSSR count). The lowest BCUT2D eigenvalue weighted by Crippen LogP contribution is -2.32. The molecule has 1 fully saturated rings. The molecule has 0 spiro atoms. The Morgan fingerprint density at radius 1 is 1.09 bits per heavy atom. The molecule has 0 saturated carbocycles. The summed E-state index contributed by atoms with van der Waals surface area (Å²) < 4.78 is 1.21. The first-order valence-corrected chi connectivity index (χ1v) is 9.52. The number of halogens is 1. The van der Waals surface area contributed by atoms with Gasteiger partial charge in [0, 0.05) is 24.5 Å². The molecule has 1 saturated heterocycles. The van der Waals surface area contributed by atoms with E-state index in [9.17, 15) is 0 Å². The molecule has 118 valence electrons. The molecule has 2 nitrogen and oxygen atoms in total. The van der Waals surface area contributed by atoms with Gasteiger partial charge in [-0.3, -0.25) is 4.90 Å². The van der Waals surface area contributed by atoms with Crippen molar-refractivity contribution in [2.24, 2.45) is 0 Å².